The monoisotopic (exact) mass is 329 g/mol. The van der Waals surface area contributed by atoms with Crippen molar-refractivity contribution in [2.24, 2.45) is 16.6 Å². The van der Waals surface area contributed by atoms with Gasteiger partial charge in [0.25, 0.3) is 11.8 Å². The van der Waals surface area contributed by atoms with Crippen LogP contribution in [0.5, 0.6) is 0 Å². The van der Waals surface area contributed by atoms with E-state index in [1.807, 2.05) is 6.07 Å². The standard InChI is InChI=1S/C16H19N5O3/c1-10-15(23)21(12-5-3-2-4-6-12)19-14(18-10)16(24)20-8-7-11(9-20)13(17)22/h2-6,10-11H,7-9H2,1H3,(H2,17,22)(H,18,19)/t10-,11-/m0/s1. The van der Waals surface area contributed by atoms with E-state index in [4.69, 9.17) is 5.73 Å². The molecule has 2 aliphatic rings. The van der Waals surface area contributed by atoms with Gasteiger partial charge in [-0.2, -0.15) is 0 Å². The van der Waals surface area contributed by atoms with E-state index in [1.54, 1.807) is 31.2 Å². The van der Waals surface area contributed by atoms with Crippen molar-refractivity contribution in [3.63, 3.8) is 0 Å². The summed E-state index contributed by atoms with van der Waals surface area (Å²) in [5, 5.41) is 1.33. The van der Waals surface area contributed by atoms with Crippen molar-refractivity contribution in [2.45, 2.75) is 19.4 Å². The number of amidine groups is 1. The van der Waals surface area contributed by atoms with Crippen LogP contribution in [0.1, 0.15) is 13.3 Å². The number of rotatable bonds is 3. The van der Waals surface area contributed by atoms with Crippen LogP contribution in [0.25, 0.3) is 0 Å². The van der Waals surface area contributed by atoms with E-state index in [0.717, 1.165) is 0 Å². The summed E-state index contributed by atoms with van der Waals surface area (Å²) in [4.78, 5) is 41.9. The maximum absolute atomic E-state index is 12.6. The van der Waals surface area contributed by atoms with Crippen LogP contribution in [-0.2, 0) is 14.4 Å². The smallest absolute Gasteiger partial charge is 0.290 e. The number of primary amides is 1. The Bertz CT molecular complexity index is 703. The fourth-order valence-electron chi connectivity index (χ4n) is 2.82. The highest BCUT2D eigenvalue weighted by molar-refractivity contribution is 6.39. The molecule has 1 fully saturated rings. The van der Waals surface area contributed by atoms with Gasteiger partial charge in [0, 0.05) is 13.1 Å². The molecule has 3 N–H and O–H groups in total. The number of nitrogens with two attached hydrogens (primary N) is 1. The molecule has 24 heavy (non-hydrogen) atoms. The van der Waals surface area contributed by atoms with Gasteiger partial charge < -0.3 is 10.6 Å². The van der Waals surface area contributed by atoms with Crippen molar-refractivity contribution in [2.75, 3.05) is 18.1 Å². The number of benzene rings is 1. The Morgan fingerprint density at radius 1 is 1.29 bits per heavy atom. The maximum atomic E-state index is 12.6. The number of hydrazine groups is 1. The lowest BCUT2D eigenvalue weighted by atomic mass is 10.1. The molecule has 0 saturated carbocycles. The number of nitrogens with zero attached hydrogens (tertiary/aromatic N) is 3. The predicted octanol–water partition coefficient (Wildman–Crippen LogP) is -0.341. The van der Waals surface area contributed by atoms with Crippen LogP contribution in [0, 0.1) is 5.92 Å². The average Bonchev–Trinajstić information content (AvgIpc) is 3.07. The highest BCUT2D eigenvalue weighted by Crippen LogP contribution is 2.19. The quantitative estimate of drug-likeness (QED) is 0.791. The first-order valence-electron chi connectivity index (χ1n) is 7.79. The van der Waals surface area contributed by atoms with Gasteiger partial charge in [-0.25, -0.2) is 10.0 Å². The minimum absolute atomic E-state index is 0.0936. The van der Waals surface area contributed by atoms with E-state index in [9.17, 15) is 14.4 Å². The molecule has 0 spiro atoms. The molecule has 0 radical (unpaired) electrons. The van der Waals surface area contributed by atoms with Crippen molar-refractivity contribution < 1.29 is 14.4 Å². The zero-order valence-corrected chi connectivity index (χ0v) is 13.3. The number of carbonyl (C=O) groups is 3. The molecule has 8 heteroatoms. The number of hydrogen-bond donors (Lipinski definition) is 2. The zero-order chi connectivity index (χ0) is 17.3. The lowest BCUT2D eigenvalue weighted by molar-refractivity contribution is -0.124. The minimum atomic E-state index is -0.667. The second-order valence-electron chi connectivity index (χ2n) is 5.91. The maximum Gasteiger partial charge on any atom is 0.290 e. The third kappa shape index (κ3) is 2.94. The van der Waals surface area contributed by atoms with Gasteiger partial charge in [-0.05, 0) is 25.5 Å². The highest BCUT2D eigenvalue weighted by Gasteiger charge is 2.36. The highest BCUT2D eigenvalue weighted by atomic mass is 16.2. The van der Waals surface area contributed by atoms with Crippen LogP contribution in [0.3, 0.4) is 0 Å². The SMILES string of the molecule is C[C@@H]1N=C(C(=O)N2CC[C@H](C(N)=O)C2)NN(c2ccccc2)C1=O. The lowest BCUT2D eigenvalue weighted by Gasteiger charge is -2.31. The Kier molecular flexibility index (Phi) is 4.20. The van der Waals surface area contributed by atoms with E-state index in [2.05, 4.69) is 10.4 Å². The summed E-state index contributed by atoms with van der Waals surface area (Å²) < 4.78 is 0. The molecule has 2 heterocycles. The molecule has 3 amide bonds. The normalized spacial score (nSPS) is 23.7. The molecule has 1 aromatic rings. The second kappa shape index (κ2) is 6.31. The van der Waals surface area contributed by atoms with Crippen LogP contribution >= 0.6 is 0 Å². The Labute approximate surface area is 139 Å². The molecule has 0 bridgehead atoms. The zero-order valence-electron chi connectivity index (χ0n) is 13.3. The fourth-order valence-corrected chi connectivity index (χ4v) is 2.82. The minimum Gasteiger partial charge on any atom is -0.369 e. The van der Waals surface area contributed by atoms with Gasteiger partial charge in [-0.15, -0.1) is 0 Å². The van der Waals surface area contributed by atoms with E-state index < -0.39 is 11.9 Å². The summed E-state index contributed by atoms with van der Waals surface area (Å²) in [6, 6.07) is 8.32. The van der Waals surface area contributed by atoms with Gasteiger partial charge in [-0.1, -0.05) is 18.2 Å². The van der Waals surface area contributed by atoms with Crippen molar-refractivity contribution in [3.05, 3.63) is 30.3 Å². The first kappa shape index (κ1) is 16.0. The number of hydrogen-bond acceptors (Lipinski definition) is 5. The van der Waals surface area contributed by atoms with E-state index in [-0.39, 0.29) is 30.1 Å². The van der Waals surface area contributed by atoms with Crippen molar-refractivity contribution >= 4 is 29.2 Å². The third-order valence-corrected chi connectivity index (χ3v) is 4.21. The number of nitrogens with one attached hydrogen (secondary N) is 1. The topological polar surface area (TPSA) is 108 Å². The summed E-state index contributed by atoms with van der Waals surface area (Å²) >= 11 is 0. The summed E-state index contributed by atoms with van der Waals surface area (Å²) in [7, 11) is 0. The van der Waals surface area contributed by atoms with E-state index in [0.29, 0.717) is 18.7 Å². The van der Waals surface area contributed by atoms with Crippen LogP contribution in [0.4, 0.5) is 5.69 Å². The number of para-hydroxylation sites is 1. The molecular weight excluding hydrogens is 310 g/mol. The summed E-state index contributed by atoms with van der Waals surface area (Å²) in [6.07, 6.45) is 0.547. The first-order valence-corrected chi connectivity index (χ1v) is 7.79. The fraction of sp³-hybridized carbons (Fsp3) is 0.375. The summed E-state index contributed by atoms with van der Waals surface area (Å²) in [6.45, 7) is 2.37. The number of likely N-dealkylation sites (tertiary alicyclic amines) is 1. The molecule has 2 aliphatic heterocycles. The molecule has 2 atom stereocenters. The van der Waals surface area contributed by atoms with Crippen molar-refractivity contribution in [1.29, 1.82) is 0 Å². The third-order valence-electron chi connectivity index (χ3n) is 4.21. The molecule has 0 aromatic heterocycles. The number of aliphatic imine (C=N–C) groups is 1. The molecule has 0 aliphatic carbocycles. The molecule has 3 rings (SSSR count). The van der Waals surface area contributed by atoms with Gasteiger partial charge in [0.15, 0.2) is 0 Å². The number of carbonyl (C=O) groups excluding carboxylic acids is 3. The molecule has 126 valence electrons. The van der Waals surface area contributed by atoms with Crippen LogP contribution < -0.4 is 16.2 Å². The van der Waals surface area contributed by atoms with Crippen LogP contribution in [-0.4, -0.2) is 47.6 Å². The van der Waals surface area contributed by atoms with Crippen LogP contribution in [0.15, 0.2) is 35.3 Å². The van der Waals surface area contributed by atoms with Gasteiger partial charge in [-0.3, -0.25) is 19.8 Å². The van der Waals surface area contributed by atoms with E-state index in [1.165, 1.54) is 9.91 Å². The largest absolute Gasteiger partial charge is 0.369 e. The van der Waals surface area contributed by atoms with Gasteiger partial charge in [0.2, 0.25) is 11.7 Å². The van der Waals surface area contributed by atoms with Crippen molar-refractivity contribution in [1.82, 2.24) is 10.3 Å². The second-order valence-corrected chi connectivity index (χ2v) is 5.91. The average molecular weight is 329 g/mol. The molecule has 1 aromatic carbocycles. The Balaban J connectivity index is 1.78. The summed E-state index contributed by atoms with van der Waals surface area (Å²) in [5.41, 5.74) is 8.73. The number of amides is 3. The van der Waals surface area contributed by atoms with Gasteiger partial charge in [0.05, 0.1) is 11.6 Å². The van der Waals surface area contributed by atoms with E-state index >= 15 is 0 Å². The van der Waals surface area contributed by atoms with Gasteiger partial charge >= 0.3 is 0 Å². The molecule has 0 unspecified atom stereocenters. The van der Waals surface area contributed by atoms with Crippen LogP contribution in [0.2, 0.25) is 0 Å². The molecule has 8 nitrogen and oxygen atoms in total. The Hall–Kier alpha value is -2.90. The predicted molar refractivity (Wildman–Crippen MR) is 87.8 cm³/mol. The van der Waals surface area contributed by atoms with Gasteiger partial charge in [0.1, 0.15) is 6.04 Å². The molecule has 1 saturated heterocycles. The van der Waals surface area contributed by atoms with Crippen molar-refractivity contribution in [3.8, 4) is 0 Å². The number of anilines is 1. The lowest BCUT2D eigenvalue weighted by Crippen LogP contribution is -2.58. The Morgan fingerprint density at radius 2 is 2.00 bits per heavy atom. The summed E-state index contributed by atoms with van der Waals surface area (Å²) in [5.74, 6) is -1.22. The Morgan fingerprint density at radius 3 is 2.62 bits per heavy atom. The molecular formula is C16H19N5O3. The first-order chi connectivity index (χ1) is 11.5.